The van der Waals surface area contributed by atoms with Crippen molar-refractivity contribution in [3.8, 4) is 0 Å². The van der Waals surface area contributed by atoms with Crippen LogP contribution < -0.4 is 10.2 Å². The van der Waals surface area contributed by atoms with Crippen molar-refractivity contribution in [3.63, 3.8) is 0 Å². The number of piperidine rings is 1. The summed E-state index contributed by atoms with van der Waals surface area (Å²) >= 11 is 2.05. The molecular weight excluding hydrogens is 320 g/mol. The molecule has 0 bridgehead atoms. The zero-order valence-corrected chi connectivity index (χ0v) is 15.3. The number of aromatic nitrogens is 2. The van der Waals surface area contributed by atoms with E-state index >= 15 is 0 Å². The highest BCUT2D eigenvalue weighted by atomic mass is 32.2. The molecule has 2 fully saturated rings. The fourth-order valence-corrected chi connectivity index (χ4v) is 4.98. The van der Waals surface area contributed by atoms with Gasteiger partial charge in [0.2, 0.25) is 5.91 Å². The molecule has 1 saturated carbocycles. The topological polar surface area (TPSA) is 58.1 Å². The first-order valence-corrected chi connectivity index (χ1v) is 10.2. The van der Waals surface area contributed by atoms with Crippen molar-refractivity contribution in [2.45, 2.75) is 56.7 Å². The standard InChI is InChI=1S/C18H28N4OS/c1-2-24-16-5-3-4-15(12-16)21-18(23)14-6-10-22(11-7-14)17-13-19-8-9-20-17/h8-9,13-16H,2-7,10-12H2,1H3,(H,21,23)/t15-,16-/m1/s1. The van der Waals surface area contributed by atoms with Crippen molar-refractivity contribution >= 4 is 23.5 Å². The molecule has 2 atom stereocenters. The van der Waals surface area contributed by atoms with Crippen LogP contribution in [0.3, 0.4) is 0 Å². The first-order valence-electron chi connectivity index (χ1n) is 9.19. The van der Waals surface area contributed by atoms with Gasteiger partial charge in [0, 0.05) is 42.7 Å². The predicted octanol–water partition coefficient (Wildman–Crippen LogP) is 2.87. The molecule has 0 radical (unpaired) electrons. The minimum absolute atomic E-state index is 0.150. The third kappa shape index (κ3) is 4.62. The van der Waals surface area contributed by atoms with Crippen LogP contribution in [0.25, 0.3) is 0 Å². The maximum absolute atomic E-state index is 12.6. The van der Waals surface area contributed by atoms with Crippen LogP contribution in [0, 0.1) is 5.92 Å². The largest absolute Gasteiger partial charge is 0.355 e. The van der Waals surface area contributed by atoms with E-state index in [0.717, 1.165) is 49.8 Å². The molecule has 6 heteroatoms. The molecule has 1 saturated heterocycles. The summed E-state index contributed by atoms with van der Waals surface area (Å²) in [6.07, 6.45) is 11.9. The Labute approximate surface area is 149 Å². The molecule has 1 aromatic rings. The Bertz CT molecular complexity index is 517. The fourth-order valence-electron chi connectivity index (χ4n) is 3.81. The van der Waals surface area contributed by atoms with Gasteiger partial charge < -0.3 is 10.2 Å². The van der Waals surface area contributed by atoms with Crippen molar-refractivity contribution in [3.05, 3.63) is 18.6 Å². The summed E-state index contributed by atoms with van der Waals surface area (Å²) in [5.74, 6) is 2.51. The summed E-state index contributed by atoms with van der Waals surface area (Å²) < 4.78 is 0. The molecule has 1 aliphatic carbocycles. The molecule has 1 amide bonds. The number of nitrogens with one attached hydrogen (secondary N) is 1. The molecule has 1 N–H and O–H groups in total. The van der Waals surface area contributed by atoms with Crippen LogP contribution in [0.1, 0.15) is 45.4 Å². The van der Waals surface area contributed by atoms with Gasteiger partial charge >= 0.3 is 0 Å². The lowest BCUT2D eigenvalue weighted by atomic mass is 9.92. The van der Waals surface area contributed by atoms with Crippen LogP contribution >= 0.6 is 11.8 Å². The highest BCUT2D eigenvalue weighted by molar-refractivity contribution is 7.99. The lowest BCUT2D eigenvalue weighted by molar-refractivity contribution is -0.126. The Morgan fingerprint density at radius 1 is 1.29 bits per heavy atom. The van der Waals surface area contributed by atoms with Crippen LogP contribution in [0.2, 0.25) is 0 Å². The molecule has 2 heterocycles. The number of carbonyl (C=O) groups excluding carboxylic acids is 1. The summed E-state index contributed by atoms with van der Waals surface area (Å²) in [4.78, 5) is 23.3. The zero-order chi connectivity index (χ0) is 16.8. The SMILES string of the molecule is CCS[C@@H]1CCC[C@@H](NC(=O)C2CCN(c3cnccn3)CC2)C1. The van der Waals surface area contributed by atoms with Gasteiger partial charge in [-0.2, -0.15) is 11.8 Å². The maximum Gasteiger partial charge on any atom is 0.223 e. The smallest absolute Gasteiger partial charge is 0.223 e. The average Bonchev–Trinajstić information content (AvgIpc) is 2.63. The van der Waals surface area contributed by atoms with Crippen LogP contribution in [0.4, 0.5) is 5.82 Å². The van der Waals surface area contributed by atoms with E-state index in [4.69, 9.17) is 0 Å². The van der Waals surface area contributed by atoms with Gasteiger partial charge in [-0.25, -0.2) is 4.98 Å². The Morgan fingerprint density at radius 3 is 2.83 bits per heavy atom. The summed E-state index contributed by atoms with van der Waals surface area (Å²) in [5.41, 5.74) is 0. The van der Waals surface area contributed by atoms with Crippen molar-refractivity contribution in [1.82, 2.24) is 15.3 Å². The van der Waals surface area contributed by atoms with Gasteiger partial charge in [0.25, 0.3) is 0 Å². The number of thioether (sulfide) groups is 1. The van der Waals surface area contributed by atoms with Gasteiger partial charge in [0.15, 0.2) is 0 Å². The van der Waals surface area contributed by atoms with E-state index in [1.54, 1.807) is 18.6 Å². The zero-order valence-electron chi connectivity index (χ0n) is 14.5. The van der Waals surface area contributed by atoms with Crippen LogP contribution in [0.5, 0.6) is 0 Å². The highest BCUT2D eigenvalue weighted by Gasteiger charge is 2.29. The van der Waals surface area contributed by atoms with Crippen molar-refractivity contribution in [1.29, 1.82) is 0 Å². The number of nitrogens with zero attached hydrogens (tertiary/aromatic N) is 3. The second-order valence-electron chi connectivity index (χ2n) is 6.77. The van der Waals surface area contributed by atoms with Gasteiger partial charge in [-0.15, -0.1) is 0 Å². The molecule has 1 aliphatic heterocycles. The third-order valence-electron chi connectivity index (χ3n) is 5.11. The lowest BCUT2D eigenvalue weighted by Crippen LogP contribution is -2.45. The van der Waals surface area contributed by atoms with Gasteiger partial charge in [0.05, 0.1) is 6.20 Å². The summed E-state index contributed by atoms with van der Waals surface area (Å²) in [5, 5.41) is 4.06. The monoisotopic (exact) mass is 348 g/mol. The molecule has 5 nitrogen and oxygen atoms in total. The van der Waals surface area contributed by atoms with Crippen molar-refractivity contribution in [2.24, 2.45) is 5.92 Å². The molecular formula is C18H28N4OS. The number of rotatable bonds is 5. The van der Waals surface area contributed by atoms with E-state index in [2.05, 4.69) is 27.1 Å². The first-order chi connectivity index (χ1) is 11.8. The van der Waals surface area contributed by atoms with E-state index in [0.29, 0.717) is 6.04 Å². The summed E-state index contributed by atoms with van der Waals surface area (Å²) in [7, 11) is 0. The van der Waals surface area contributed by atoms with E-state index in [-0.39, 0.29) is 11.8 Å². The maximum atomic E-state index is 12.6. The van der Waals surface area contributed by atoms with E-state index in [9.17, 15) is 4.79 Å². The van der Waals surface area contributed by atoms with Crippen LogP contribution in [-0.2, 0) is 4.79 Å². The Morgan fingerprint density at radius 2 is 2.12 bits per heavy atom. The highest BCUT2D eigenvalue weighted by Crippen LogP contribution is 2.29. The van der Waals surface area contributed by atoms with E-state index in [1.165, 1.54) is 18.6 Å². The predicted molar refractivity (Wildman–Crippen MR) is 99.3 cm³/mol. The fraction of sp³-hybridized carbons (Fsp3) is 0.722. The van der Waals surface area contributed by atoms with Gasteiger partial charge in [-0.3, -0.25) is 9.78 Å². The molecule has 0 aromatic carbocycles. The minimum Gasteiger partial charge on any atom is -0.355 e. The number of hydrogen-bond acceptors (Lipinski definition) is 5. The molecule has 0 unspecified atom stereocenters. The molecule has 0 spiro atoms. The van der Waals surface area contributed by atoms with Gasteiger partial charge in [-0.05, 0) is 37.9 Å². The van der Waals surface area contributed by atoms with Crippen LogP contribution in [0.15, 0.2) is 18.6 Å². The second kappa shape index (κ2) is 8.70. The Kier molecular flexibility index (Phi) is 6.35. The lowest BCUT2D eigenvalue weighted by Gasteiger charge is -2.34. The molecule has 3 rings (SSSR count). The van der Waals surface area contributed by atoms with E-state index < -0.39 is 0 Å². The number of carbonyl (C=O) groups is 1. The second-order valence-corrected chi connectivity index (χ2v) is 8.35. The molecule has 24 heavy (non-hydrogen) atoms. The van der Waals surface area contributed by atoms with Gasteiger partial charge in [0.1, 0.15) is 5.82 Å². The molecule has 1 aromatic heterocycles. The third-order valence-corrected chi connectivity index (χ3v) is 6.35. The quantitative estimate of drug-likeness (QED) is 0.887. The van der Waals surface area contributed by atoms with E-state index in [1.807, 2.05) is 11.8 Å². The van der Waals surface area contributed by atoms with Gasteiger partial charge in [-0.1, -0.05) is 13.3 Å². The first kappa shape index (κ1) is 17.5. The average molecular weight is 349 g/mol. The summed E-state index contributed by atoms with van der Waals surface area (Å²) in [6.45, 7) is 3.99. The number of amides is 1. The summed E-state index contributed by atoms with van der Waals surface area (Å²) in [6, 6.07) is 0.383. The number of anilines is 1. The molecule has 132 valence electrons. The number of hydrogen-bond donors (Lipinski definition) is 1. The van der Waals surface area contributed by atoms with Crippen molar-refractivity contribution < 1.29 is 4.79 Å². The van der Waals surface area contributed by atoms with Crippen LogP contribution in [-0.4, -0.2) is 46.0 Å². The molecule has 2 aliphatic rings. The Hall–Kier alpha value is -1.30. The Balaban J connectivity index is 1.45. The van der Waals surface area contributed by atoms with Crippen molar-refractivity contribution in [2.75, 3.05) is 23.7 Å². The minimum atomic E-state index is 0.150. The normalized spacial score (nSPS) is 25.5.